The summed E-state index contributed by atoms with van der Waals surface area (Å²) in [6.07, 6.45) is -4.50. The fraction of sp³-hybridized carbons (Fsp3) is 0.533. The number of amides is 1. The number of nitrogens with one attached hydrogen (secondary N) is 3. The Morgan fingerprint density at radius 3 is 2.16 bits per heavy atom. The van der Waals surface area contributed by atoms with Crippen LogP contribution in [0.1, 0.15) is 24.2 Å². The number of carbonyl (C=O) groups is 1. The molecule has 25 heavy (non-hydrogen) atoms. The summed E-state index contributed by atoms with van der Waals surface area (Å²) in [5.74, 6) is -0.917. The van der Waals surface area contributed by atoms with E-state index in [9.17, 15) is 26.4 Å². The van der Waals surface area contributed by atoms with Crippen molar-refractivity contribution in [3.8, 4) is 0 Å². The number of alkyl halides is 3. The smallest absolute Gasteiger partial charge is 0.343 e. The molecule has 0 saturated carbocycles. The van der Waals surface area contributed by atoms with Crippen molar-refractivity contribution >= 4 is 15.9 Å². The Morgan fingerprint density at radius 2 is 1.68 bits per heavy atom. The number of rotatable bonds is 9. The molecule has 1 aromatic rings. The summed E-state index contributed by atoms with van der Waals surface area (Å²) in [6.45, 7) is 5.27. The van der Waals surface area contributed by atoms with Gasteiger partial charge < -0.3 is 10.2 Å². The number of likely N-dealkylation sites (N-methyl/N-ethyl adjacent to an activating group) is 1. The third-order valence-corrected chi connectivity index (χ3v) is 5.12. The second-order valence-corrected chi connectivity index (χ2v) is 7.19. The number of hydrogen-bond donors (Lipinski definition) is 3. The molecule has 3 N–H and O–H groups in total. The van der Waals surface area contributed by atoms with E-state index in [2.05, 4.69) is 4.72 Å². The van der Waals surface area contributed by atoms with Crippen LogP contribution in [0.15, 0.2) is 29.2 Å². The van der Waals surface area contributed by atoms with Gasteiger partial charge in [0, 0.05) is 5.56 Å². The first-order valence-corrected chi connectivity index (χ1v) is 9.35. The van der Waals surface area contributed by atoms with Gasteiger partial charge in [-0.15, -0.1) is 0 Å². The molecule has 0 fully saturated rings. The minimum Gasteiger partial charge on any atom is -0.343 e. The Hall–Kier alpha value is -1.65. The maximum Gasteiger partial charge on any atom is 0.405 e. The largest absolute Gasteiger partial charge is 0.405 e. The summed E-state index contributed by atoms with van der Waals surface area (Å²) in [4.78, 5) is 12.8. The maximum atomic E-state index is 12.2. The summed E-state index contributed by atoms with van der Waals surface area (Å²) < 4.78 is 63.0. The lowest BCUT2D eigenvalue weighted by atomic mass is 10.2. The average Bonchev–Trinajstić information content (AvgIpc) is 2.56. The Bertz CT molecular complexity index is 657. The molecule has 0 radical (unpaired) electrons. The standard InChI is InChI=1S/C15H22F3N3O3S/c1-3-21(4-2)10-9-20-25(23,24)13-7-5-12(6-8-13)14(22)19-11-15(16,17)18/h5-8,20H,3-4,9-11H2,1-2H3,(H,19,22)/p+1. The lowest BCUT2D eigenvalue weighted by molar-refractivity contribution is -0.895. The van der Waals surface area contributed by atoms with Crippen LogP contribution in [0.5, 0.6) is 0 Å². The second kappa shape index (κ2) is 9.16. The molecule has 142 valence electrons. The highest BCUT2D eigenvalue weighted by molar-refractivity contribution is 7.89. The molecule has 0 aliphatic carbocycles. The summed E-state index contributed by atoms with van der Waals surface area (Å²) in [5, 5.41) is 1.72. The van der Waals surface area contributed by atoms with Gasteiger partial charge in [0.05, 0.1) is 31.1 Å². The van der Waals surface area contributed by atoms with Crippen LogP contribution in [0.25, 0.3) is 0 Å². The van der Waals surface area contributed by atoms with Crippen molar-refractivity contribution in [1.82, 2.24) is 10.0 Å². The van der Waals surface area contributed by atoms with Gasteiger partial charge in [-0.25, -0.2) is 13.1 Å². The van der Waals surface area contributed by atoms with E-state index in [1.807, 2.05) is 13.8 Å². The molecule has 1 amide bonds. The molecule has 1 aromatic carbocycles. The average molecular weight is 382 g/mol. The van der Waals surface area contributed by atoms with E-state index in [-0.39, 0.29) is 17.0 Å². The van der Waals surface area contributed by atoms with Gasteiger partial charge in [-0.2, -0.15) is 13.2 Å². The molecule has 0 heterocycles. The highest BCUT2D eigenvalue weighted by atomic mass is 32.2. The molecule has 0 saturated heterocycles. The van der Waals surface area contributed by atoms with Crippen molar-refractivity contribution in [2.24, 2.45) is 0 Å². The number of quaternary nitrogens is 1. The SMILES string of the molecule is CC[NH+](CC)CCNS(=O)(=O)c1ccc(C(=O)NCC(F)(F)F)cc1. The first-order chi connectivity index (χ1) is 11.6. The summed E-state index contributed by atoms with van der Waals surface area (Å²) in [6, 6.07) is 4.73. The third kappa shape index (κ3) is 7.41. The van der Waals surface area contributed by atoms with Crippen LogP contribution >= 0.6 is 0 Å². The predicted octanol–water partition coefficient (Wildman–Crippen LogP) is 0.182. The van der Waals surface area contributed by atoms with Gasteiger partial charge in [0.2, 0.25) is 10.0 Å². The molecule has 0 spiro atoms. The topological polar surface area (TPSA) is 79.7 Å². The Labute approximate surface area is 145 Å². The zero-order valence-corrected chi connectivity index (χ0v) is 14.9. The van der Waals surface area contributed by atoms with Crippen molar-refractivity contribution in [3.63, 3.8) is 0 Å². The van der Waals surface area contributed by atoms with Crippen LogP contribution in [0, 0.1) is 0 Å². The van der Waals surface area contributed by atoms with Crippen LogP contribution in [0.4, 0.5) is 13.2 Å². The van der Waals surface area contributed by atoms with Gasteiger partial charge in [0.1, 0.15) is 6.54 Å². The van der Waals surface area contributed by atoms with E-state index >= 15 is 0 Å². The quantitative estimate of drug-likeness (QED) is 0.570. The van der Waals surface area contributed by atoms with Crippen molar-refractivity contribution in [1.29, 1.82) is 0 Å². The Morgan fingerprint density at radius 1 is 1.12 bits per heavy atom. The van der Waals surface area contributed by atoms with E-state index in [0.29, 0.717) is 6.54 Å². The molecular weight excluding hydrogens is 359 g/mol. The number of halogens is 3. The van der Waals surface area contributed by atoms with Gasteiger partial charge in [-0.1, -0.05) is 0 Å². The van der Waals surface area contributed by atoms with Gasteiger partial charge >= 0.3 is 6.18 Å². The summed E-state index contributed by atoms with van der Waals surface area (Å²) in [7, 11) is -3.73. The van der Waals surface area contributed by atoms with E-state index in [1.54, 1.807) is 5.32 Å². The first-order valence-electron chi connectivity index (χ1n) is 7.87. The van der Waals surface area contributed by atoms with Crippen molar-refractivity contribution in [2.75, 3.05) is 32.7 Å². The molecule has 0 bridgehead atoms. The molecular formula is C15H23F3N3O3S+. The molecule has 10 heteroatoms. The van der Waals surface area contributed by atoms with Gasteiger partial charge in [0.15, 0.2) is 0 Å². The molecule has 6 nitrogen and oxygen atoms in total. The highest BCUT2D eigenvalue weighted by Crippen LogP contribution is 2.14. The summed E-state index contributed by atoms with van der Waals surface area (Å²) >= 11 is 0. The normalized spacial score (nSPS) is 12.4. The second-order valence-electron chi connectivity index (χ2n) is 5.43. The molecule has 0 unspecified atom stereocenters. The van der Waals surface area contributed by atoms with Gasteiger partial charge in [0.25, 0.3) is 5.91 Å². The fourth-order valence-electron chi connectivity index (χ4n) is 2.12. The molecule has 0 aliphatic rings. The van der Waals surface area contributed by atoms with Crippen LogP contribution < -0.4 is 14.9 Å². The van der Waals surface area contributed by atoms with E-state index in [0.717, 1.165) is 13.1 Å². The zero-order valence-electron chi connectivity index (χ0n) is 14.1. The van der Waals surface area contributed by atoms with Crippen LogP contribution in [0.3, 0.4) is 0 Å². The van der Waals surface area contributed by atoms with Crippen molar-refractivity contribution < 1.29 is 31.3 Å². The zero-order chi connectivity index (χ0) is 19.1. The first kappa shape index (κ1) is 21.4. The molecule has 0 atom stereocenters. The fourth-order valence-corrected chi connectivity index (χ4v) is 3.15. The summed E-state index contributed by atoms with van der Waals surface area (Å²) in [5.41, 5.74) is -0.0456. The van der Waals surface area contributed by atoms with Crippen LogP contribution in [0.2, 0.25) is 0 Å². The third-order valence-electron chi connectivity index (χ3n) is 3.65. The molecule has 0 aromatic heterocycles. The number of benzene rings is 1. The lowest BCUT2D eigenvalue weighted by Crippen LogP contribution is -3.12. The molecule has 0 aliphatic heterocycles. The number of carbonyl (C=O) groups excluding carboxylic acids is 1. The van der Waals surface area contributed by atoms with Crippen molar-refractivity contribution in [2.45, 2.75) is 24.9 Å². The molecule has 1 rings (SSSR count). The Kier molecular flexibility index (Phi) is 7.84. The monoisotopic (exact) mass is 382 g/mol. The van der Waals surface area contributed by atoms with E-state index in [4.69, 9.17) is 0 Å². The van der Waals surface area contributed by atoms with Gasteiger partial charge in [-0.05, 0) is 38.1 Å². The number of sulfonamides is 1. The van der Waals surface area contributed by atoms with Gasteiger partial charge in [-0.3, -0.25) is 4.79 Å². The number of hydrogen-bond acceptors (Lipinski definition) is 3. The lowest BCUT2D eigenvalue weighted by Gasteiger charge is -2.15. The van der Waals surface area contributed by atoms with Crippen LogP contribution in [-0.4, -0.2) is 53.2 Å². The minimum atomic E-state index is -4.50. The minimum absolute atomic E-state index is 0.0456. The highest BCUT2D eigenvalue weighted by Gasteiger charge is 2.28. The Balaban J connectivity index is 2.66. The van der Waals surface area contributed by atoms with E-state index < -0.39 is 28.7 Å². The van der Waals surface area contributed by atoms with Crippen molar-refractivity contribution in [3.05, 3.63) is 29.8 Å². The van der Waals surface area contributed by atoms with E-state index in [1.165, 1.54) is 29.2 Å². The van der Waals surface area contributed by atoms with Crippen LogP contribution in [-0.2, 0) is 10.0 Å². The predicted molar refractivity (Wildman–Crippen MR) is 86.9 cm³/mol. The maximum absolute atomic E-state index is 12.2.